The number of nitrogens with one attached hydrogen (secondary N) is 1. The van der Waals surface area contributed by atoms with Crippen LogP contribution in [0.1, 0.15) is 63.7 Å². The molecule has 0 unspecified atom stereocenters. The fraction of sp³-hybridized carbons (Fsp3) is 0.471. The molecule has 2 aromatic rings. The number of amides is 1. The van der Waals surface area contributed by atoms with Gasteiger partial charge in [-0.15, -0.1) is 11.3 Å². The summed E-state index contributed by atoms with van der Waals surface area (Å²) in [7, 11) is 2.94. The van der Waals surface area contributed by atoms with E-state index in [1.54, 1.807) is 18.4 Å². The Morgan fingerprint density at radius 1 is 1.29 bits per heavy atom. The lowest BCUT2D eigenvalue weighted by Gasteiger charge is -2.19. The number of rotatable bonds is 4. The minimum absolute atomic E-state index is 0.206. The number of hydrogen-bond acceptors (Lipinski definition) is 5. The molecule has 0 bridgehead atoms. The number of anilines is 1. The first-order valence-electron chi connectivity index (χ1n) is 8.10. The summed E-state index contributed by atoms with van der Waals surface area (Å²) in [5.41, 5.74) is 0.937. The van der Waals surface area contributed by atoms with Crippen molar-refractivity contribution in [2.75, 3.05) is 12.4 Å². The lowest BCUT2D eigenvalue weighted by molar-refractivity contribution is 0.0588. The fourth-order valence-corrected chi connectivity index (χ4v) is 4.15. The van der Waals surface area contributed by atoms with Crippen molar-refractivity contribution in [3.8, 4) is 0 Å². The van der Waals surface area contributed by atoms with Crippen LogP contribution in [0.3, 0.4) is 0 Å². The van der Waals surface area contributed by atoms with Crippen LogP contribution in [-0.4, -0.2) is 28.8 Å². The van der Waals surface area contributed by atoms with Gasteiger partial charge in [0, 0.05) is 23.4 Å². The lowest BCUT2D eigenvalue weighted by atomic mass is 9.88. The molecule has 0 radical (unpaired) electrons. The molecule has 0 atom stereocenters. The molecular weight excluding hydrogens is 326 g/mol. The molecule has 7 heteroatoms. The smallest absolute Gasteiger partial charge is 0.356 e. The molecule has 0 aromatic carbocycles. The number of aryl methyl sites for hydroxylation is 1. The molecule has 2 aromatic heterocycles. The van der Waals surface area contributed by atoms with Crippen LogP contribution >= 0.6 is 11.3 Å². The van der Waals surface area contributed by atoms with E-state index >= 15 is 0 Å². The molecule has 2 heterocycles. The van der Waals surface area contributed by atoms with Gasteiger partial charge in [-0.1, -0.05) is 19.3 Å². The monoisotopic (exact) mass is 347 g/mol. The highest BCUT2D eigenvalue weighted by Gasteiger charge is 2.20. The second-order valence-corrected chi connectivity index (χ2v) is 7.00. The number of carbonyl (C=O) groups excluding carboxylic acids is 2. The van der Waals surface area contributed by atoms with Crippen LogP contribution in [0.4, 0.5) is 5.82 Å². The number of nitrogens with zero attached hydrogens (tertiary/aromatic N) is 2. The third kappa shape index (κ3) is 3.51. The van der Waals surface area contributed by atoms with E-state index in [0.29, 0.717) is 23.0 Å². The Bertz CT molecular complexity index is 744. The molecule has 1 amide bonds. The predicted octanol–water partition coefficient (Wildman–Crippen LogP) is 3.57. The third-order valence-corrected chi connectivity index (χ3v) is 5.50. The van der Waals surface area contributed by atoms with E-state index in [-0.39, 0.29) is 5.91 Å². The summed E-state index contributed by atoms with van der Waals surface area (Å²) in [5, 5.41) is 8.76. The standard InChI is InChI=1S/C17H21N3O3S/c1-20-13(17(22)23-2)9-15(19-20)18-16(21)12-8-14(24-10-12)11-6-4-3-5-7-11/h8-11H,3-7H2,1-2H3,(H,18,19,21). The van der Waals surface area contributed by atoms with Gasteiger partial charge in [0.05, 0.1) is 12.7 Å². The largest absolute Gasteiger partial charge is 0.464 e. The van der Waals surface area contributed by atoms with E-state index in [1.165, 1.54) is 54.8 Å². The topological polar surface area (TPSA) is 73.2 Å². The summed E-state index contributed by atoms with van der Waals surface area (Å²) < 4.78 is 6.07. The Kier molecular flexibility index (Phi) is 4.99. The van der Waals surface area contributed by atoms with Crippen molar-refractivity contribution in [2.45, 2.75) is 38.0 Å². The van der Waals surface area contributed by atoms with E-state index < -0.39 is 5.97 Å². The van der Waals surface area contributed by atoms with Gasteiger partial charge in [0.1, 0.15) is 5.69 Å². The highest BCUT2D eigenvalue weighted by Crippen LogP contribution is 2.36. The SMILES string of the molecule is COC(=O)c1cc(NC(=O)c2csc(C3CCCCC3)c2)nn1C. The Morgan fingerprint density at radius 3 is 2.75 bits per heavy atom. The van der Waals surface area contributed by atoms with Gasteiger partial charge in [-0.05, 0) is 24.8 Å². The number of hydrogen-bond donors (Lipinski definition) is 1. The third-order valence-electron chi connectivity index (χ3n) is 4.41. The number of methoxy groups -OCH3 is 1. The van der Waals surface area contributed by atoms with Crippen molar-refractivity contribution in [3.63, 3.8) is 0 Å². The maximum absolute atomic E-state index is 12.4. The first-order chi connectivity index (χ1) is 11.6. The number of thiophene rings is 1. The number of ether oxygens (including phenoxy) is 1. The highest BCUT2D eigenvalue weighted by molar-refractivity contribution is 7.10. The summed E-state index contributed by atoms with van der Waals surface area (Å²) in [5.74, 6) is 0.239. The van der Waals surface area contributed by atoms with Crippen molar-refractivity contribution in [1.82, 2.24) is 9.78 Å². The minimum atomic E-state index is -0.486. The molecular formula is C17H21N3O3S. The predicted molar refractivity (Wildman–Crippen MR) is 92.6 cm³/mol. The lowest BCUT2D eigenvalue weighted by Crippen LogP contribution is -2.11. The summed E-state index contributed by atoms with van der Waals surface area (Å²) >= 11 is 1.65. The Morgan fingerprint density at radius 2 is 2.04 bits per heavy atom. The fourth-order valence-electron chi connectivity index (χ4n) is 3.09. The molecule has 1 N–H and O–H groups in total. The quantitative estimate of drug-likeness (QED) is 0.858. The summed E-state index contributed by atoms with van der Waals surface area (Å²) in [6.45, 7) is 0. The Hall–Kier alpha value is -2.15. The Labute approximate surface area is 144 Å². The van der Waals surface area contributed by atoms with Crippen molar-refractivity contribution in [3.05, 3.63) is 33.6 Å². The van der Waals surface area contributed by atoms with Crippen LogP contribution < -0.4 is 5.32 Å². The summed E-state index contributed by atoms with van der Waals surface area (Å²) in [6.07, 6.45) is 6.29. The molecule has 3 rings (SSSR count). The number of aromatic nitrogens is 2. The van der Waals surface area contributed by atoms with E-state index in [4.69, 9.17) is 0 Å². The van der Waals surface area contributed by atoms with Gasteiger partial charge in [-0.25, -0.2) is 4.79 Å². The van der Waals surface area contributed by atoms with Crippen molar-refractivity contribution in [2.24, 2.45) is 7.05 Å². The normalized spacial score (nSPS) is 15.2. The summed E-state index contributed by atoms with van der Waals surface area (Å²) in [4.78, 5) is 25.3. The van der Waals surface area contributed by atoms with Crippen LogP contribution in [0.5, 0.6) is 0 Å². The molecule has 24 heavy (non-hydrogen) atoms. The van der Waals surface area contributed by atoms with Crippen molar-refractivity contribution >= 4 is 29.0 Å². The zero-order chi connectivity index (χ0) is 17.1. The van der Waals surface area contributed by atoms with Gasteiger partial charge in [-0.3, -0.25) is 9.48 Å². The van der Waals surface area contributed by atoms with E-state index in [2.05, 4.69) is 15.2 Å². The van der Waals surface area contributed by atoms with E-state index in [1.807, 2.05) is 11.4 Å². The van der Waals surface area contributed by atoms with Gasteiger partial charge in [0.2, 0.25) is 0 Å². The average molecular weight is 347 g/mol. The molecule has 1 aliphatic rings. The van der Waals surface area contributed by atoms with Gasteiger partial charge in [0.25, 0.3) is 5.91 Å². The van der Waals surface area contributed by atoms with Gasteiger partial charge in [-0.2, -0.15) is 5.10 Å². The molecule has 0 aliphatic heterocycles. The summed E-state index contributed by atoms with van der Waals surface area (Å²) in [6, 6.07) is 3.50. The Balaban J connectivity index is 1.69. The number of esters is 1. The van der Waals surface area contributed by atoms with Crippen LogP contribution in [0.15, 0.2) is 17.5 Å². The molecule has 128 valence electrons. The second kappa shape index (κ2) is 7.17. The minimum Gasteiger partial charge on any atom is -0.464 e. The zero-order valence-corrected chi connectivity index (χ0v) is 14.7. The molecule has 6 nitrogen and oxygen atoms in total. The zero-order valence-electron chi connectivity index (χ0n) is 13.9. The first-order valence-corrected chi connectivity index (χ1v) is 8.98. The van der Waals surface area contributed by atoms with Crippen LogP contribution in [-0.2, 0) is 11.8 Å². The maximum Gasteiger partial charge on any atom is 0.356 e. The molecule has 0 spiro atoms. The molecule has 1 saturated carbocycles. The highest BCUT2D eigenvalue weighted by atomic mass is 32.1. The second-order valence-electron chi connectivity index (χ2n) is 6.06. The average Bonchev–Trinajstić information content (AvgIpc) is 3.22. The number of carbonyl (C=O) groups is 2. The first kappa shape index (κ1) is 16.7. The maximum atomic E-state index is 12.4. The van der Waals surface area contributed by atoms with Crippen LogP contribution in [0.25, 0.3) is 0 Å². The molecule has 1 aliphatic carbocycles. The van der Waals surface area contributed by atoms with Crippen LogP contribution in [0.2, 0.25) is 0 Å². The van der Waals surface area contributed by atoms with Gasteiger partial charge >= 0.3 is 5.97 Å². The van der Waals surface area contributed by atoms with Gasteiger partial charge in [0.15, 0.2) is 5.82 Å². The van der Waals surface area contributed by atoms with E-state index in [0.717, 1.165) is 0 Å². The molecule has 1 fully saturated rings. The van der Waals surface area contributed by atoms with Gasteiger partial charge < -0.3 is 10.1 Å². The van der Waals surface area contributed by atoms with E-state index in [9.17, 15) is 9.59 Å². The molecule has 0 saturated heterocycles. The van der Waals surface area contributed by atoms with Crippen molar-refractivity contribution < 1.29 is 14.3 Å². The van der Waals surface area contributed by atoms with Crippen LogP contribution in [0, 0.1) is 0 Å². The van der Waals surface area contributed by atoms with Crippen molar-refractivity contribution in [1.29, 1.82) is 0 Å².